The highest BCUT2D eigenvalue weighted by molar-refractivity contribution is 6.02. The van der Waals surface area contributed by atoms with E-state index in [0.29, 0.717) is 38.5 Å². The first-order valence-corrected chi connectivity index (χ1v) is 34.8. The summed E-state index contributed by atoms with van der Waals surface area (Å²) in [4.78, 5) is 210. The number of rotatable bonds is 35. The number of amides is 15. The van der Waals surface area contributed by atoms with Gasteiger partial charge < -0.3 is 84.0 Å². The number of nitrogens with one attached hydrogen (secondary N) is 11. The van der Waals surface area contributed by atoms with Crippen molar-refractivity contribution in [2.45, 2.75) is 291 Å². The van der Waals surface area contributed by atoms with Crippen LogP contribution in [0.15, 0.2) is 0 Å². The second-order valence-corrected chi connectivity index (χ2v) is 30.9. The van der Waals surface area contributed by atoms with E-state index >= 15 is 0 Å². The van der Waals surface area contributed by atoms with Gasteiger partial charge in [-0.2, -0.15) is 0 Å². The van der Waals surface area contributed by atoms with Gasteiger partial charge >= 0.3 is 0 Å². The van der Waals surface area contributed by atoms with Crippen LogP contribution in [0.4, 0.5) is 0 Å². The average molecular weight is 1400 g/mol. The number of hydrogen-bond donors (Lipinski definition) is 13. The second-order valence-electron chi connectivity index (χ2n) is 30.9. The summed E-state index contributed by atoms with van der Waals surface area (Å²) in [5.74, 6) is -11.2. The molecule has 3 heterocycles. The maximum atomic E-state index is 14.5. The molecule has 0 aromatic heterocycles. The van der Waals surface area contributed by atoms with Gasteiger partial charge in [-0.1, -0.05) is 61.8 Å². The Hall–Kier alpha value is -7.99. The van der Waals surface area contributed by atoms with Crippen LogP contribution >= 0.6 is 0 Å². The summed E-state index contributed by atoms with van der Waals surface area (Å²) in [5, 5.41) is 39.3. The van der Waals surface area contributed by atoms with Crippen LogP contribution in [0.3, 0.4) is 0 Å². The molecule has 0 radical (unpaired) electrons. The van der Waals surface area contributed by atoms with Crippen LogP contribution in [0, 0.1) is 23.7 Å². The number of nitrogens with zero attached hydrogens (tertiary/aromatic N) is 3. The summed E-state index contributed by atoms with van der Waals surface area (Å²) in [6.45, 7) is 31.9. The van der Waals surface area contributed by atoms with Crippen LogP contribution in [0.25, 0.3) is 0 Å². The summed E-state index contributed by atoms with van der Waals surface area (Å²) in [7, 11) is 0. The summed E-state index contributed by atoms with van der Waals surface area (Å²) in [5.41, 5.74) is -2.65. The zero-order valence-electron chi connectivity index (χ0n) is 62.1. The van der Waals surface area contributed by atoms with Gasteiger partial charge in [-0.3, -0.25) is 71.9 Å². The van der Waals surface area contributed by atoms with E-state index in [1.807, 2.05) is 27.7 Å². The molecule has 0 aromatic carbocycles. The number of likely N-dealkylation sites (tertiary alicyclic amines) is 3. The SMILES string of the molecule is CC[C@H](C)[C@H](NC(=O)[C@H](C)NC(=O)[C@@H]1CCCN1C(=O)C(C)(C)NC(=O)[C@H](CC(C)C)NC(=O)[C@H](CC(N)=O)NC(=O)C(C)(C)NC(C)=O)C(=O)NC(C)(C)C(=O)N1CCC[C@H]1C(=O)NC(C)(C)C(=O)N[C@@H](CC(C)C)C(=O)NC(C)(C)C(=O)N1CCC[C@H]1C(=O)N[C@H](CO)CC(C)C. The third-order valence-corrected chi connectivity index (χ3v) is 18.0. The smallest absolute Gasteiger partial charge is 0.248 e. The van der Waals surface area contributed by atoms with Gasteiger partial charge in [-0.25, -0.2) is 0 Å². The van der Waals surface area contributed by atoms with Crippen LogP contribution in [0.1, 0.15) is 209 Å². The minimum Gasteiger partial charge on any atom is -0.394 e. The molecule has 0 aromatic rings. The Morgan fingerprint density at radius 3 is 1.19 bits per heavy atom. The largest absolute Gasteiger partial charge is 0.394 e. The summed E-state index contributed by atoms with van der Waals surface area (Å²) >= 11 is 0. The number of nitrogens with two attached hydrogens (primary N) is 1. The molecule has 0 aliphatic carbocycles. The summed E-state index contributed by atoms with van der Waals surface area (Å²) < 4.78 is 0. The van der Waals surface area contributed by atoms with Gasteiger partial charge in [-0.15, -0.1) is 0 Å². The standard InChI is InChI=1S/C68H117N15O16/c1-21-39(8)50(75-51(87)40(9)70-55(91)46-25-22-28-81(46)61(97)66(15,16)77-53(89)43(32-37(4)5)72-52(88)45(34-49(69)86)74-59(95)64(11,12)76-41(10)85)58(94)80-68(19,20)63(99)83-30-24-27-48(83)57(93)79-65(13,14)60(96)73-44(33-38(6)7)54(90)78-67(17,18)62(98)82-29-23-26-47(82)56(92)71-42(35-84)31-36(2)3/h36-40,42-48,50,84H,21-35H2,1-20H3,(H2,69,86)(H,70,91)(H,71,92)(H,72,88)(H,73,96)(H,74,95)(H,75,87)(H,76,85)(H,77,89)(H,78,90)(H,79,93)(H,80,94)/t39-,40-,42-,43-,44-,45-,46-,47-,48-,50-/m0/s1. The fourth-order valence-electron chi connectivity index (χ4n) is 12.4. The quantitative estimate of drug-likeness (QED) is 0.0378. The number of primary amides is 1. The molecule has 15 amide bonds. The van der Waals surface area contributed by atoms with Gasteiger partial charge in [0, 0.05) is 26.6 Å². The molecule has 3 saturated heterocycles. The van der Waals surface area contributed by atoms with Gasteiger partial charge in [-0.05, 0) is 158 Å². The first-order chi connectivity index (χ1) is 45.5. The lowest BCUT2D eigenvalue weighted by molar-refractivity contribution is -0.146. The predicted molar refractivity (Wildman–Crippen MR) is 367 cm³/mol. The molecule has 10 atom stereocenters. The van der Waals surface area contributed by atoms with Gasteiger partial charge in [0.15, 0.2) is 0 Å². The number of carbonyl (C=O) groups is 15. The van der Waals surface area contributed by atoms with Crippen molar-refractivity contribution in [3.05, 3.63) is 0 Å². The summed E-state index contributed by atoms with van der Waals surface area (Å²) in [6.07, 6.45) is 2.54. The molecule has 0 spiro atoms. The van der Waals surface area contributed by atoms with Crippen LogP contribution in [0.2, 0.25) is 0 Å². The van der Waals surface area contributed by atoms with Gasteiger partial charge in [0.05, 0.1) is 19.1 Å². The van der Waals surface area contributed by atoms with Crippen LogP contribution in [0.5, 0.6) is 0 Å². The van der Waals surface area contributed by atoms with Crippen molar-refractivity contribution in [1.82, 2.24) is 73.2 Å². The van der Waals surface area contributed by atoms with Crippen molar-refractivity contribution in [2.24, 2.45) is 29.4 Å². The lowest BCUT2D eigenvalue weighted by Crippen LogP contribution is -2.65. The highest BCUT2D eigenvalue weighted by Gasteiger charge is 2.48. The summed E-state index contributed by atoms with van der Waals surface area (Å²) in [6, 6.07) is -10.0. The lowest BCUT2D eigenvalue weighted by Gasteiger charge is -2.36. The molecule has 14 N–H and O–H groups in total. The van der Waals surface area contributed by atoms with E-state index in [1.54, 1.807) is 27.7 Å². The average Bonchev–Trinajstić information content (AvgIpc) is 1.66. The van der Waals surface area contributed by atoms with E-state index in [-0.39, 0.29) is 69.7 Å². The maximum Gasteiger partial charge on any atom is 0.248 e. The number of aliphatic hydroxyl groups excluding tert-OH is 1. The van der Waals surface area contributed by atoms with E-state index in [2.05, 4.69) is 58.5 Å². The van der Waals surface area contributed by atoms with Crippen molar-refractivity contribution in [3.8, 4) is 0 Å². The third-order valence-electron chi connectivity index (χ3n) is 18.0. The molecular formula is C68H117N15O16. The second kappa shape index (κ2) is 35.9. The molecular weight excluding hydrogens is 1280 g/mol. The van der Waals surface area contributed by atoms with Crippen molar-refractivity contribution in [2.75, 3.05) is 26.2 Å². The minimum absolute atomic E-state index is 0.0453. The molecule has 31 heteroatoms. The van der Waals surface area contributed by atoms with Gasteiger partial charge in [0.2, 0.25) is 88.6 Å². The number of aliphatic hydroxyl groups is 1. The highest BCUT2D eigenvalue weighted by Crippen LogP contribution is 2.27. The monoisotopic (exact) mass is 1400 g/mol. The predicted octanol–water partition coefficient (Wildman–Crippen LogP) is -0.566. The maximum absolute atomic E-state index is 14.5. The highest BCUT2D eigenvalue weighted by atomic mass is 16.3. The molecule has 3 aliphatic rings. The van der Waals surface area contributed by atoms with Crippen LogP contribution in [-0.2, 0) is 71.9 Å². The molecule has 560 valence electrons. The molecule has 0 unspecified atom stereocenters. The minimum atomic E-state index is -1.69. The Kier molecular flexibility index (Phi) is 30.9. The fraction of sp³-hybridized carbons (Fsp3) is 0.779. The first-order valence-electron chi connectivity index (χ1n) is 34.8. The van der Waals surface area contributed by atoms with Crippen molar-refractivity contribution >= 4 is 88.6 Å². The molecule has 99 heavy (non-hydrogen) atoms. The normalized spacial score (nSPS) is 18.9. The Bertz CT molecular complexity index is 2980. The van der Waals surface area contributed by atoms with Crippen molar-refractivity contribution in [3.63, 3.8) is 0 Å². The molecule has 0 saturated carbocycles. The Labute approximate surface area is 583 Å². The van der Waals surface area contributed by atoms with Crippen LogP contribution in [-0.4, -0.2) is 217 Å². The Balaban J connectivity index is 1.70. The first kappa shape index (κ1) is 85.2. The lowest BCUT2D eigenvalue weighted by atomic mass is 9.95. The Morgan fingerprint density at radius 1 is 0.434 bits per heavy atom. The van der Waals surface area contributed by atoms with E-state index in [1.165, 1.54) is 97.8 Å². The molecule has 3 rings (SSSR count). The Morgan fingerprint density at radius 2 is 0.808 bits per heavy atom. The van der Waals surface area contributed by atoms with E-state index < -0.39 is 183 Å². The van der Waals surface area contributed by atoms with E-state index in [9.17, 15) is 77.0 Å². The topological polar surface area (TPSA) is 444 Å². The molecule has 3 fully saturated rings. The van der Waals surface area contributed by atoms with E-state index in [4.69, 9.17) is 5.73 Å². The number of carbonyl (C=O) groups excluding carboxylic acids is 15. The zero-order chi connectivity index (χ0) is 75.8. The molecule has 0 bridgehead atoms. The van der Waals surface area contributed by atoms with Gasteiger partial charge in [0.25, 0.3) is 0 Å². The van der Waals surface area contributed by atoms with Gasteiger partial charge in [0.1, 0.15) is 76.0 Å². The fourth-order valence-corrected chi connectivity index (χ4v) is 12.4. The number of hydrogen-bond acceptors (Lipinski definition) is 16. The van der Waals surface area contributed by atoms with E-state index in [0.717, 1.165) is 0 Å². The van der Waals surface area contributed by atoms with Crippen molar-refractivity contribution in [1.29, 1.82) is 0 Å². The van der Waals surface area contributed by atoms with Crippen molar-refractivity contribution < 1.29 is 77.0 Å². The molecule has 31 nitrogen and oxygen atoms in total. The zero-order valence-corrected chi connectivity index (χ0v) is 62.1. The molecule has 3 aliphatic heterocycles. The van der Waals surface area contributed by atoms with Crippen LogP contribution < -0.4 is 64.2 Å². The third kappa shape index (κ3) is 24.4.